The van der Waals surface area contributed by atoms with Crippen molar-refractivity contribution in [1.29, 1.82) is 0 Å². The zero-order valence-electron chi connectivity index (χ0n) is 8.94. The fourth-order valence-corrected chi connectivity index (χ4v) is 1.02. The molecule has 0 aliphatic heterocycles. The van der Waals surface area contributed by atoms with Crippen molar-refractivity contribution in [2.75, 3.05) is 0 Å². The van der Waals surface area contributed by atoms with Crippen LogP contribution in [0.15, 0.2) is 11.6 Å². The van der Waals surface area contributed by atoms with Crippen molar-refractivity contribution in [3.05, 3.63) is 11.6 Å². The van der Waals surface area contributed by atoms with Crippen molar-refractivity contribution in [2.45, 2.75) is 41.0 Å². The molecule has 0 saturated heterocycles. The molecule has 0 aromatic heterocycles. The minimum absolute atomic E-state index is 0.497. The quantitative estimate of drug-likeness (QED) is 0.432. The molecule has 0 N–H and O–H groups in total. The van der Waals surface area contributed by atoms with Crippen molar-refractivity contribution in [3.63, 3.8) is 0 Å². The summed E-state index contributed by atoms with van der Waals surface area (Å²) < 4.78 is 0. The first kappa shape index (κ1) is 11.3. The zero-order valence-corrected chi connectivity index (χ0v) is 8.94. The SMILES string of the molecule is CC(=CC(C)C)CC#CC(C)C. The van der Waals surface area contributed by atoms with Gasteiger partial charge < -0.3 is 0 Å². The summed E-state index contributed by atoms with van der Waals surface area (Å²) >= 11 is 0. The summed E-state index contributed by atoms with van der Waals surface area (Å²) in [6.07, 6.45) is 3.20. The average Bonchev–Trinajstić information content (AvgIpc) is 1.84. The summed E-state index contributed by atoms with van der Waals surface area (Å²) in [6, 6.07) is 0. The van der Waals surface area contributed by atoms with Gasteiger partial charge in [0.05, 0.1) is 0 Å². The van der Waals surface area contributed by atoms with E-state index in [0.717, 1.165) is 6.42 Å². The van der Waals surface area contributed by atoms with Gasteiger partial charge in [-0.3, -0.25) is 0 Å². The second kappa shape index (κ2) is 5.89. The molecule has 12 heavy (non-hydrogen) atoms. The van der Waals surface area contributed by atoms with Crippen LogP contribution in [0.2, 0.25) is 0 Å². The number of hydrogen-bond acceptors (Lipinski definition) is 0. The Morgan fingerprint density at radius 3 is 2.25 bits per heavy atom. The molecule has 68 valence electrons. The van der Waals surface area contributed by atoms with E-state index in [1.807, 2.05) is 0 Å². The van der Waals surface area contributed by atoms with Gasteiger partial charge in [0.2, 0.25) is 0 Å². The molecule has 0 aromatic rings. The fourth-order valence-electron chi connectivity index (χ4n) is 1.02. The third-order valence-electron chi connectivity index (χ3n) is 1.38. The van der Waals surface area contributed by atoms with Crippen LogP contribution in [0.3, 0.4) is 0 Å². The summed E-state index contributed by atoms with van der Waals surface area (Å²) in [5.41, 5.74) is 1.39. The van der Waals surface area contributed by atoms with Gasteiger partial charge >= 0.3 is 0 Å². The maximum Gasteiger partial charge on any atom is 0.0296 e. The lowest BCUT2D eigenvalue weighted by atomic mass is 10.1. The number of rotatable bonds is 2. The van der Waals surface area contributed by atoms with Crippen molar-refractivity contribution in [2.24, 2.45) is 11.8 Å². The first-order valence-electron chi connectivity index (χ1n) is 4.68. The van der Waals surface area contributed by atoms with Crippen LogP contribution in [-0.4, -0.2) is 0 Å². The van der Waals surface area contributed by atoms with E-state index in [1.54, 1.807) is 0 Å². The molecule has 0 unspecified atom stereocenters. The van der Waals surface area contributed by atoms with E-state index in [2.05, 4.69) is 52.5 Å². The predicted molar refractivity (Wildman–Crippen MR) is 55.8 cm³/mol. The molecule has 0 fully saturated rings. The summed E-state index contributed by atoms with van der Waals surface area (Å²) in [5.74, 6) is 7.47. The zero-order chi connectivity index (χ0) is 9.56. The van der Waals surface area contributed by atoms with Crippen LogP contribution in [0.5, 0.6) is 0 Å². The monoisotopic (exact) mass is 164 g/mol. The van der Waals surface area contributed by atoms with Crippen LogP contribution in [0.4, 0.5) is 0 Å². The third kappa shape index (κ3) is 7.41. The molecule has 0 bridgehead atoms. The third-order valence-corrected chi connectivity index (χ3v) is 1.38. The van der Waals surface area contributed by atoms with Crippen LogP contribution in [0.25, 0.3) is 0 Å². The first-order valence-corrected chi connectivity index (χ1v) is 4.68. The van der Waals surface area contributed by atoms with E-state index in [4.69, 9.17) is 0 Å². The molecule has 0 heteroatoms. The number of hydrogen-bond donors (Lipinski definition) is 0. The summed E-state index contributed by atoms with van der Waals surface area (Å²) in [4.78, 5) is 0. The second-order valence-corrected chi connectivity index (χ2v) is 3.91. The summed E-state index contributed by atoms with van der Waals surface area (Å²) in [6.45, 7) is 10.8. The van der Waals surface area contributed by atoms with Crippen LogP contribution < -0.4 is 0 Å². The average molecular weight is 164 g/mol. The molecule has 0 rings (SSSR count). The topological polar surface area (TPSA) is 0 Å². The van der Waals surface area contributed by atoms with Gasteiger partial charge in [0.25, 0.3) is 0 Å². The predicted octanol–water partition coefficient (Wildman–Crippen LogP) is 3.64. The normalized spacial score (nSPS) is 11.8. The van der Waals surface area contributed by atoms with Gasteiger partial charge in [-0.05, 0) is 12.8 Å². The maximum atomic E-state index is 3.17. The van der Waals surface area contributed by atoms with E-state index < -0.39 is 0 Å². The molecule has 0 amide bonds. The van der Waals surface area contributed by atoms with Crippen LogP contribution in [0.1, 0.15) is 41.0 Å². The lowest BCUT2D eigenvalue weighted by Crippen LogP contribution is -1.83. The van der Waals surface area contributed by atoms with Crippen LogP contribution in [0, 0.1) is 23.7 Å². The van der Waals surface area contributed by atoms with Gasteiger partial charge in [-0.25, -0.2) is 0 Å². The highest BCUT2D eigenvalue weighted by molar-refractivity contribution is 5.13. The van der Waals surface area contributed by atoms with Crippen molar-refractivity contribution in [3.8, 4) is 11.8 Å². The van der Waals surface area contributed by atoms with Crippen molar-refractivity contribution in [1.82, 2.24) is 0 Å². The Labute approximate surface area is 77.1 Å². The van der Waals surface area contributed by atoms with Gasteiger partial charge in [0.15, 0.2) is 0 Å². The van der Waals surface area contributed by atoms with Gasteiger partial charge in [0.1, 0.15) is 0 Å². The largest absolute Gasteiger partial charge is 0.100 e. The van der Waals surface area contributed by atoms with Crippen molar-refractivity contribution < 1.29 is 0 Å². The minimum atomic E-state index is 0.497. The molecule has 0 atom stereocenters. The van der Waals surface area contributed by atoms with Crippen molar-refractivity contribution >= 4 is 0 Å². The highest BCUT2D eigenvalue weighted by atomic mass is 13.9. The minimum Gasteiger partial charge on any atom is -0.100 e. The lowest BCUT2D eigenvalue weighted by molar-refractivity contribution is 0.818. The highest BCUT2D eigenvalue weighted by Gasteiger charge is 1.89. The molecule has 0 aliphatic rings. The molecule has 0 heterocycles. The Hall–Kier alpha value is -0.700. The van der Waals surface area contributed by atoms with E-state index >= 15 is 0 Å². The Balaban J connectivity index is 3.88. The van der Waals surface area contributed by atoms with Gasteiger partial charge in [0, 0.05) is 12.3 Å². The van der Waals surface area contributed by atoms with Gasteiger partial charge in [-0.1, -0.05) is 45.3 Å². The maximum absolute atomic E-state index is 3.17. The van der Waals surface area contributed by atoms with Gasteiger partial charge in [-0.15, -0.1) is 5.92 Å². The van der Waals surface area contributed by atoms with Crippen LogP contribution in [-0.2, 0) is 0 Å². The van der Waals surface area contributed by atoms with E-state index in [1.165, 1.54) is 5.57 Å². The molecular weight excluding hydrogens is 144 g/mol. The second-order valence-electron chi connectivity index (χ2n) is 3.91. The molecular formula is C12H20. The fraction of sp³-hybridized carbons (Fsp3) is 0.667. The molecule has 0 aromatic carbocycles. The Bertz CT molecular complexity index is 196. The molecule has 0 aliphatic carbocycles. The first-order chi connectivity index (χ1) is 5.52. The lowest BCUT2D eigenvalue weighted by Gasteiger charge is -1.97. The Kier molecular flexibility index (Phi) is 5.54. The summed E-state index contributed by atoms with van der Waals surface area (Å²) in [7, 11) is 0. The van der Waals surface area contributed by atoms with E-state index in [9.17, 15) is 0 Å². The smallest absolute Gasteiger partial charge is 0.0296 e. The number of allylic oxidation sites excluding steroid dienone is 2. The molecule has 0 spiro atoms. The highest BCUT2D eigenvalue weighted by Crippen LogP contribution is 2.04. The Morgan fingerprint density at radius 1 is 1.25 bits per heavy atom. The van der Waals surface area contributed by atoms with Crippen LogP contribution >= 0.6 is 0 Å². The Morgan fingerprint density at radius 2 is 1.83 bits per heavy atom. The van der Waals surface area contributed by atoms with E-state index in [-0.39, 0.29) is 0 Å². The van der Waals surface area contributed by atoms with Gasteiger partial charge in [-0.2, -0.15) is 0 Å². The summed E-state index contributed by atoms with van der Waals surface area (Å²) in [5, 5.41) is 0. The molecule has 0 radical (unpaired) electrons. The molecule has 0 saturated carbocycles. The molecule has 0 nitrogen and oxygen atoms in total. The van der Waals surface area contributed by atoms with E-state index in [0.29, 0.717) is 11.8 Å². The standard InChI is InChI=1S/C12H20/c1-10(2)7-6-8-12(5)9-11(3)4/h9-11H,8H2,1-5H3.